The maximum atomic E-state index is 13.9. The van der Waals surface area contributed by atoms with Gasteiger partial charge in [-0.3, -0.25) is 14.4 Å². The molecule has 0 aliphatic carbocycles. The van der Waals surface area contributed by atoms with Gasteiger partial charge >= 0.3 is 0 Å². The number of benzene rings is 3. The first kappa shape index (κ1) is 31.9. The highest BCUT2D eigenvalue weighted by molar-refractivity contribution is 14.1. The summed E-state index contributed by atoms with van der Waals surface area (Å²) < 4.78 is 1.16. The van der Waals surface area contributed by atoms with Crippen molar-refractivity contribution in [3.63, 3.8) is 0 Å². The van der Waals surface area contributed by atoms with Gasteiger partial charge in [0.2, 0.25) is 11.8 Å². The van der Waals surface area contributed by atoms with E-state index in [9.17, 15) is 14.4 Å². The topological polar surface area (TPSA) is 81.8 Å². The van der Waals surface area contributed by atoms with Crippen molar-refractivity contribution in [2.45, 2.75) is 71.0 Å². The van der Waals surface area contributed by atoms with Crippen LogP contribution in [0.15, 0.2) is 66.7 Å². The number of halogens is 1. The summed E-state index contributed by atoms with van der Waals surface area (Å²) in [5.74, 6) is 0.188. The molecular weight excluding hydrogens is 639 g/mol. The molecule has 1 heterocycles. The summed E-state index contributed by atoms with van der Waals surface area (Å²) in [6.07, 6.45) is 2.18. The lowest BCUT2D eigenvalue weighted by Crippen LogP contribution is -2.51. The Kier molecular flexibility index (Phi) is 11.4. The summed E-state index contributed by atoms with van der Waals surface area (Å²) in [5.41, 5.74) is 1.85. The van der Waals surface area contributed by atoms with Gasteiger partial charge in [0.15, 0.2) is 0 Å². The first-order valence-electron chi connectivity index (χ1n) is 15.0. The molecule has 3 aromatic rings. The van der Waals surface area contributed by atoms with Crippen LogP contribution in [-0.4, -0.2) is 71.8 Å². The molecule has 1 aliphatic rings. The molecule has 1 saturated heterocycles. The van der Waals surface area contributed by atoms with Gasteiger partial charge in [0.1, 0.15) is 0 Å². The van der Waals surface area contributed by atoms with Crippen LogP contribution in [-0.2, 0) is 9.59 Å². The minimum atomic E-state index is -0.438. The summed E-state index contributed by atoms with van der Waals surface area (Å²) >= 11 is 2.29. The minimum Gasteiger partial charge on any atom is -0.350 e. The van der Waals surface area contributed by atoms with E-state index in [-0.39, 0.29) is 35.7 Å². The van der Waals surface area contributed by atoms with Gasteiger partial charge in [0, 0.05) is 60.2 Å². The molecule has 0 spiro atoms. The second-order valence-corrected chi connectivity index (χ2v) is 12.8. The fraction of sp³-hybridized carbons (Fsp3) is 0.441. The predicted octanol–water partition coefficient (Wildman–Crippen LogP) is 5.57. The number of fused-ring (bicyclic) bond motifs is 1. The van der Waals surface area contributed by atoms with Gasteiger partial charge in [0.25, 0.3) is 5.91 Å². The third kappa shape index (κ3) is 8.31. The third-order valence-corrected chi connectivity index (χ3v) is 8.93. The maximum Gasteiger partial charge on any atom is 0.251 e. The second kappa shape index (κ2) is 15.0. The average Bonchev–Trinajstić information content (AvgIpc) is 3.12. The molecule has 42 heavy (non-hydrogen) atoms. The standard InChI is InChI=1S/C34H43IN4O3/c1-5-25(26-9-7-6-8-10-26)22-38-17-15-31(37-32(34(38)42)16-18-39(23(2)3)24(4)40)21-36-33(41)29-12-11-28-20-30(35)14-13-27(28)19-29/h6-14,19-20,23,25,31-32,37H,5,15-18,21-22H2,1-4H3,(H,36,41)/t25-,31+,32+/m1/s1. The number of rotatable bonds is 11. The Labute approximate surface area is 263 Å². The van der Waals surface area contributed by atoms with Crippen LogP contribution in [0.2, 0.25) is 0 Å². The Bertz CT molecular complexity index is 1380. The van der Waals surface area contributed by atoms with Crippen molar-refractivity contribution in [3.8, 4) is 0 Å². The molecule has 3 atom stereocenters. The van der Waals surface area contributed by atoms with E-state index in [0.717, 1.165) is 27.2 Å². The first-order valence-corrected chi connectivity index (χ1v) is 16.1. The second-order valence-electron chi connectivity index (χ2n) is 11.5. The van der Waals surface area contributed by atoms with Crippen molar-refractivity contribution < 1.29 is 14.4 Å². The Morgan fingerprint density at radius 1 is 1.07 bits per heavy atom. The van der Waals surface area contributed by atoms with E-state index in [1.165, 1.54) is 5.56 Å². The molecule has 2 N–H and O–H groups in total. The van der Waals surface area contributed by atoms with E-state index in [1.54, 1.807) is 11.8 Å². The van der Waals surface area contributed by atoms with Gasteiger partial charge in [-0.15, -0.1) is 0 Å². The van der Waals surface area contributed by atoms with E-state index < -0.39 is 6.04 Å². The lowest BCUT2D eigenvalue weighted by atomic mass is 9.95. The molecule has 0 aromatic heterocycles. The zero-order valence-electron chi connectivity index (χ0n) is 25.1. The molecule has 0 bridgehead atoms. The molecule has 0 unspecified atom stereocenters. The number of hydrogen-bond acceptors (Lipinski definition) is 4. The molecule has 0 radical (unpaired) electrons. The number of nitrogens with one attached hydrogen (secondary N) is 2. The smallest absolute Gasteiger partial charge is 0.251 e. The van der Waals surface area contributed by atoms with Crippen LogP contribution < -0.4 is 10.6 Å². The highest BCUT2D eigenvalue weighted by atomic mass is 127. The Morgan fingerprint density at radius 3 is 2.48 bits per heavy atom. The molecule has 3 aromatic carbocycles. The number of nitrogens with zero attached hydrogens (tertiary/aromatic N) is 2. The normalized spacial score (nSPS) is 18.1. The average molecular weight is 683 g/mol. The van der Waals surface area contributed by atoms with Crippen molar-refractivity contribution in [2.75, 3.05) is 26.2 Å². The van der Waals surface area contributed by atoms with Crippen LogP contribution in [0.1, 0.15) is 68.8 Å². The molecule has 0 saturated carbocycles. The summed E-state index contributed by atoms with van der Waals surface area (Å²) in [5, 5.41) is 8.80. The molecular formula is C34H43IN4O3. The van der Waals surface area contributed by atoms with Gasteiger partial charge < -0.3 is 20.4 Å². The molecule has 7 nitrogen and oxygen atoms in total. The predicted molar refractivity (Wildman–Crippen MR) is 178 cm³/mol. The number of hydrogen-bond donors (Lipinski definition) is 2. The highest BCUT2D eigenvalue weighted by Gasteiger charge is 2.33. The van der Waals surface area contributed by atoms with Crippen LogP contribution in [0.4, 0.5) is 0 Å². The fourth-order valence-corrected chi connectivity index (χ4v) is 6.33. The lowest BCUT2D eigenvalue weighted by molar-refractivity contribution is -0.135. The summed E-state index contributed by atoms with van der Waals surface area (Å²) in [7, 11) is 0. The summed E-state index contributed by atoms with van der Waals surface area (Å²) in [4.78, 5) is 43.1. The largest absolute Gasteiger partial charge is 0.350 e. The van der Waals surface area contributed by atoms with Crippen LogP contribution in [0.25, 0.3) is 10.8 Å². The first-order chi connectivity index (χ1) is 20.2. The monoisotopic (exact) mass is 682 g/mol. The van der Waals surface area contributed by atoms with Crippen molar-refractivity contribution >= 4 is 51.1 Å². The Hall–Kier alpha value is -2.98. The van der Waals surface area contributed by atoms with E-state index in [2.05, 4.69) is 58.3 Å². The van der Waals surface area contributed by atoms with Crippen LogP contribution >= 0.6 is 22.6 Å². The van der Waals surface area contributed by atoms with E-state index in [0.29, 0.717) is 38.2 Å². The lowest BCUT2D eigenvalue weighted by Gasteiger charge is -2.31. The van der Waals surface area contributed by atoms with Crippen LogP contribution in [0, 0.1) is 3.57 Å². The molecule has 8 heteroatoms. The Balaban J connectivity index is 1.47. The highest BCUT2D eigenvalue weighted by Crippen LogP contribution is 2.23. The van der Waals surface area contributed by atoms with E-state index in [4.69, 9.17) is 0 Å². The SMILES string of the molecule is CC[C@H](CN1CC[C@@H](CNC(=O)c2ccc3cc(I)ccc3c2)N[C@@H](CCN(C(C)=O)C(C)C)C1=O)c1ccccc1. The van der Waals surface area contributed by atoms with Crippen molar-refractivity contribution in [2.24, 2.45) is 0 Å². The minimum absolute atomic E-state index is 0.00645. The van der Waals surface area contributed by atoms with Gasteiger partial charge in [-0.25, -0.2) is 0 Å². The quantitative estimate of drug-likeness (QED) is 0.259. The number of carbonyl (C=O) groups is 3. The van der Waals surface area contributed by atoms with Gasteiger partial charge in [-0.1, -0.05) is 49.4 Å². The Morgan fingerprint density at radius 2 is 1.79 bits per heavy atom. The van der Waals surface area contributed by atoms with E-state index in [1.807, 2.05) is 67.3 Å². The molecule has 3 amide bonds. The maximum absolute atomic E-state index is 13.9. The van der Waals surface area contributed by atoms with Gasteiger partial charge in [0.05, 0.1) is 6.04 Å². The van der Waals surface area contributed by atoms with E-state index >= 15 is 0 Å². The zero-order chi connectivity index (χ0) is 30.2. The van der Waals surface area contributed by atoms with Crippen molar-refractivity contribution in [1.82, 2.24) is 20.4 Å². The van der Waals surface area contributed by atoms with Crippen molar-refractivity contribution in [3.05, 3.63) is 81.4 Å². The van der Waals surface area contributed by atoms with Crippen LogP contribution in [0.3, 0.4) is 0 Å². The molecule has 4 rings (SSSR count). The van der Waals surface area contributed by atoms with Gasteiger partial charge in [-0.05, 0) is 96.3 Å². The zero-order valence-corrected chi connectivity index (χ0v) is 27.3. The third-order valence-electron chi connectivity index (χ3n) is 8.26. The molecule has 1 aliphatic heterocycles. The molecule has 224 valence electrons. The summed E-state index contributed by atoms with van der Waals surface area (Å²) in [6.45, 7) is 9.89. The fourth-order valence-electron chi connectivity index (χ4n) is 5.82. The summed E-state index contributed by atoms with van der Waals surface area (Å²) in [6, 6.07) is 21.8. The van der Waals surface area contributed by atoms with Crippen molar-refractivity contribution in [1.29, 1.82) is 0 Å². The number of carbonyl (C=O) groups excluding carboxylic acids is 3. The van der Waals surface area contributed by atoms with Crippen LogP contribution in [0.5, 0.6) is 0 Å². The number of amides is 3. The van der Waals surface area contributed by atoms with Gasteiger partial charge in [-0.2, -0.15) is 0 Å². The molecule has 1 fully saturated rings.